The number of hydrogen-bond donors (Lipinski definition) is 0. The third-order valence-electron chi connectivity index (χ3n) is 5.24. The Morgan fingerprint density at radius 1 is 1.15 bits per heavy atom. The molecule has 0 unspecified atom stereocenters. The first-order valence-electron chi connectivity index (χ1n) is 10.1. The van der Waals surface area contributed by atoms with E-state index in [1.165, 1.54) is 37.0 Å². The van der Waals surface area contributed by atoms with Crippen LogP contribution in [-0.2, 0) is 9.53 Å². The van der Waals surface area contributed by atoms with Gasteiger partial charge in [0.1, 0.15) is 0 Å². The lowest BCUT2D eigenvalue weighted by atomic mass is 9.96. The van der Waals surface area contributed by atoms with E-state index in [4.69, 9.17) is 9.47 Å². The van der Waals surface area contributed by atoms with Crippen LogP contribution in [0.1, 0.15) is 24.1 Å². The molecule has 1 atom stereocenters. The highest BCUT2D eigenvalue weighted by Gasteiger charge is 2.32. The summed E-state index contributed by atoms with van der Waals surface area (Å²) in [5.74, 6) is -0.574. The van der Waals surface area contributed by atoms with Gasteiger partial charge in [-0.05, 0) is 36.3 Å². The number of nitrogens with zero attached hydrogens (tertiary/aromatic N) is 2. The summed E-state index contributed by atoms with van der Waals surface area (Å²) in [6, 6.07) is 12.8. The van der Waals surface area contributed by atoms with Crippen molar-refractivity contribution in [2.75, 3.05) is 14.2 Å². The summed E-state index contributed by atoms with van der Waals surface area (Å²) in [4.78, 5) is 31.0. The largest absolute Gasteiger partial charge is 0.493 e. The molecule has 0 fully saturated rings. The van der Waals surface area contributed by atoms with Gasteiger partial charge in [-0.3, -0.25) is 9.36 Å². The van der Waals surface area contributed by atoms with Crippen LogP contribution in [0.2, 0.25) is 0 Å². The fraction of sp³-hybridized carbons (Fsp3) is 0.208. The first-order valence-corrected chi connectivity index (χ1v) is 10.9. The topological polar surface area (TPSA) is 79.1 Å². The molecule has 3 aromatic rings. The van der Waals surface area contributed by atoms with E-state index in [1.807, 2.05) is 30.3 Å². The molecule has 0 N–H and O–H groups in total. The molecule has 1 aromatic heterocycles. The smallest absolute Gasteiger partial charge is 0.387 e. The molecule has 34 heavy (non-hydrogen) atoms. The minimum absolute atomic E-state index is 0.104. The number of alkyl halides is 2. The molecule has 1 aliphatic heterocycles. The second-order valence-corrected chi connectivity index (χ2v) is 8.28. The highest BCUT2D eigenvalue weighted by atomic mass is 32.1. The third kappa shape index (κ3) is 4.36. The normalized spacial score (nSPS) is 15.7. The number of allylic oxidation sites excluding steroid dienone is 1. The molecular weight excluding hydrogens is 466 g/mol. The molecule has 0 bridgehead atoms. The van der Waals surface area contributed by atoms with E-state index in [1.54, 1.807) is 13.0 Å². The first-order chi connectivity index (χ1) is 16.3. The zero-order valence-electron chi connectivity index (χ0n) is 18.5. The maximum Gasteiger partial charge on any atom is 0.387 e. The van der Waals surface area contributed by atoms with E-state index in [0.29, 0.717) is 20.6 Å². The van der Waals surface area contributed by atoms with Crippen molar-refractivity contribution in [3.63, 3.8) is 0 Å². The van der Waals surface area contributed by atoms with Gasteiger partial charge in [-0.1, -0.05) is 47.7 Å². The number of aromatic nitrogens is 1. The van der Waals surface area contributed by atoms with Crippen molar-refractivity contribution in [1.82, 2.24) is 4.57 Å². The number of rotatable bonds is 6. The van der Waals surface area contributed by atoms with E-state index in [2.05, 4.69) is 9.73 Å². The molecule has 2 aromatic carbocycles. The summed E-state index contributed by atoms with van der Waals surface area (Å²) < 4.78 is 41.6. The number of methoxy groups -OCH3 is 2. The maximum atomic E-state index is 13.5. The van der Waals surface area contributed by atoms with Crippen LogP contribution in [0, 0.1) is 0 Å². The summed E-state index contributed by atoms with van der Waals surface area (Å²) in [5, 5.41) is 0. The third-order valence-corrected chi connectivity index (χ3v) is 6.23. The van der Waals surface area contributed by atoms with Crippen LogP contribution in [-0.4, -0.2) is 31.4 Å². The molecule has 0 radical (unpaired) electrons. The number of thiazole rings is 1. The number of benzene rings is 2. The Morgan fingerprint density at radius 2 is 1.88 bits per heavy atom. The number of esters is 1. The van der Waals surface area contributed by atoms with Gasteiger partial charge in [-0.15, -0.1) is 0 Å². The van der Waals surface area contributed by atoms with Crippen molar-refractivity contribution < 1.29 is 27.8 Å². The Labute approximate surface area is 196 Å². The Kier molecular flexibility index (Phi) is 6.60. The van der Waals surface area contributed by atoms with Crippen LogP contribution in [0.15, 0.2) is 69.6 Å². The Bertz CT molecular complexity index is 1440. The van der Waals surface area contributed by atoms with Crippen LogP contribution >= 0.6 is 11.3 Å². The van der Waals surface area contributed by atoms with Gasteiger partial charge in [0.15, 0.2) is 16.3 Å². The van der Waals surface area contributed by atoms with E-state index in [-0.39, 0.29) is 22.6 Å². The Hall–Kier alpha value is -3.79. The molecular formula is C24H20F2N2O5S. The summed E-state index contributed by atoms with van der Waals surface area (Å²) in [5.41, 5.74) is 1.67. The van der Waals surface area contributed by atoms with Gasteiger partial charge in [0, 0.05) is 0 Å². The zero-order valence-corrected chi connectivity index (χ0v) is 19.3. The Balaban J connectivity index is 1.88. The number of fused-ring (bicyclic) bond motifs is 1. The van der Waals surface area contributed by atoms with Gasteiger partial charge < -0.3 is 14.2 Å². The minimum atomic E-state index is -2.99. The first kappa shape index (κ1) is 23.4. The molecule has 176 valence electrons. The maximum absolute atomic E-state index is 13.5. The van der Waals surface area contributed by atoms with Crippen molar-refractivity contribution in [2.45, 2.75) is 19.6 Å². The highest BCUT2D eigenvalue weighted by Crippen LogP contribution is 2.31. The number of carbonyl (C=O) groups is 1. The number of carbonyl (C=O) groups excluding carboxylic acids is 1. The van der Waals surface area contributed by atoms with Crippen LogP contribution in [0.3, 0.4) is 0 Å². The Morgan fingerprint density at radius 3 is 2.53 bits per heavy atom. The predicted octanol–water partition coefficient (Wildman–Crippen LogP) is 3.02. The van der Waals surface area contributed by atoms with Gasteiger partial charge in [-0.2, -0.15) is 8.78 Å². The lowest BCUT2D eigenvalue weighted by Crippen LogP contribution is -2.39. The van der Waals surface area contributed by atoms with Crippen molar-refractivity contribution in [2.24, 2.45) is 4.99 Å². The van der Waals surface area contributed by atoms with E-state index in [9.17, 15) is 18.4 Å². The van der Waals surface area contributed by atoms with Gasteiger partial charge in [0.2, 0.25) is 0 Å². The van der Waals surface area contributed by atoms with E-state index >= 15 is 0 Å². The van der Waals surface area contributed by atoms with Crippen LogP contribution < -0.4 is 24.4 Å². The minimum Gasteiger partial charge on any atom is -0.493 e. The SMILES string of the molecule is COC(=O)C1=C(C)N=c2s/c(=C/c3ccc(OC(F)F)c(OC)c3)c(=O)n2[C@H]1c1ccccc1. The van der Waals surface area contributed by atoms with Crippen molar-refractivity contribution in [1.29, 1.82) is 0 Å². The summed E-state index contributed by atoms with van der Waals surface area (Å²) in [6.07, 6.45) is 1.61. The molecule has 0 aliphatic carbocycles. The van der Waals surface area contributed by atoms with Gasteiger partial charge >= 0.3 is 12.6 Å². The molecule has 10 heteroatoms. The molecule has 0 saturated carbocycles. The van der Waals surface area contributed by atoms with E-state index in [0.717, 1.165) is 16.9 Å². The van der Waals surface area contributed by atoms with Gasteiger partial charge in [-0.25, -0.2) is 9.79 Å². The fourth-order valence-electron chi connectivity index (χ4n) is 3.76. The summed E-state index contributed by atoms with van der Waals surface area (Å²) in [7, 11) is 2.62. The molecule has 0 amide bonds. The average Bonchev–Trinajstić information content (AvgIpc) is 3.13. The van der Waals surface area contributed by atoms with Crippen molar-refractivity contribution >= 4 is 23.4 Å². The quantitative estimate of drug-likeness (QED) is 0.501. The molecule has 2 heterocycles. The second kappa shape index (κ2) is 9.60. The second-order valence-electron chi connectivity index (χ2n) is 7.27. The van der Waals surface area contributed by atoms with Crippen LogP contribution in [0.5, 0.6) is 11.5 Å². The van der Waals surface area contributed by atoms with Crippen LogP contribution in [0.4, 0.5) is 8.78 Å². The average molecular weight is 486 g/mol. The van der Waals surface area contributed by atoms with Gasteiger partial charge in [0.25, 0.3) is 5.56 Å². The summed E-state index contributed by atoms with van der Waals surface area (Å²) in [6.45, 7) is -1.29. The lowest BCUT2D eigenvalue weighted by molar-refractivity contribution is -0.136. The highest BCUT2D eigenvalue weighted by molar-refractivity contribution is 7.07. The molecule has 4 rings (SSSR count). The van der Waals surface area contributed by atoms with E-state index < -0.39 is 18.6 Å². The molecule has 7 nitrogen and oxygen atoms in total. The fourth-order valence-corrected chi connectivity index (χ4v) is 4.81. The lowest BCUT2D eigenvalue weighted by Gasteiger charge is -2.24. The number of hydrogen-bond acceptors (Lipinski definition) is 7. The van der Waals surface area contributed by atoms with Crippen LogP contribution in [0.25, 0.3) is 6.08 Å². The van der Waals surface area contributed by atoms with Crippen molar-refractivity contribution in [3.05, 3.63) is 90.6 Å². The molecule has 0 saturated heterocycles. The summed E-state index contributed by atoms with van der Waals surface area (Å²) >= 11 is 1.16. The standard InChI is InChI=1S/C24H20F2N2O5S/c1-13-19(22(30)32-3)20(15-7-5-4-6-8-15)28-21(29)18(34-24(28)27-13)12-14-9-10-16(33-23(25)26)17(11-14)31-2/h4-12,20,23H,1-3H3/b18-12+/t20-/m0/s1. The number of halogens is 2. The zero-order chi connectivity index (χ0) is 24.4. The molecule has 0 spiro atoms. The number of ether oxygens (including phenoxy) is 3. The van der Waals surface area contributed by atoms with Crippen molar-refractivity contribution in [3.8, 4) is 11.5 Å². The monoisotopic (exact) mass is 486 g/mol. The molecule has 1 aliphatic rings. The van der Waals surface area contributed by atoms with Gasteiger partial charge in [0.05, 0.1) is 36.1 Å². The predicted molar refractivity (Wildman–Crippen MR) is 122 cm³/mol.